The lowest BCUT2D eigenvalue weighted by atomic mass is 10.3. The van der Waals surface area contributed by atoms with Gasteiger partial charge in [-0.3, -0.25) is 9.48 Å². The van der Waals surface area contributed by atoms with Gasteiger partial charge in [0.1, 0.15) is 5.75 Å². The van der Waals surface area contributed by atoms with Crippen molar-refractivity contribution in [2.24, 2.45) is 7.05 Å². The molecule has 140 valence electrons. The first kappa shape index (κ1) is 20.1. The Bertz CT molecular complexity index is 836. The Kier molecular flexibility index (Phi) is 6.50. The van der Waals surface area contributed by atoms with Crippen LogP contribution in [0, 0.1) is 13.8 Å². The minimum Gasteiger partial charge on any atom is -0.477 e. The molecule has 0 aliphatic heterocycles. The van der Waals surface area contributed by atoms with Crippen molar-refractivity contribution in [1.82, 2.24) is 9.78 Å². The molecule has 1 heterocycles. The minimum atomic E-state index is -0.941. The highest BCUT2D eigenvalue weighted by Gasteiger charge is 2.20. The van der Waals surface area contributed by atoms with Gasteiger partial charge in [-0.15, -0.1) is 0 Å². The van der Waals surface area contributed by atoms with E-state index in [1.807, 2.05) is 6.92 Å². The number of aryl methyl sites for hydroxylation is 2. The van der Waals surface area contributed by atoms with Crippen LogP contribution in [0.15, 0.2) is 18.2 Å². The van der Waals surface area contributed by atoms with Crippen molar-refractivity contribution in [1.29, 1.82) is 0 Å². The molecule has 0 unspecified atom stereocenters. The van der Waals surface area contributed by atoms with Crippen molar-refractivity contribution in [3.05, 3.63) is 39.6 Å². The largest absolute Gasteiger partial charge is 0.477 e. The number of nitrogens with zero attached hydrogens (tertiary/aromatic N) is 2. The molecule has 1 N–H and O–H groups in total. The molecule has 0 bridgehead atoms. The molecular formula is C17H19Cl2N3O4. The summed E-state index contributed by atoms with van der Waals surface area (Å²) in [7, 11) is 1.78. The van der Waals surface area contributed by atoms with E-state index in [9.17, 15) is 9.59 Å². The van der Waals surface area contributed by atoms with Gasteiger partial charge in [-0.1, -0.05) is 23.2 Å². The third-order valence-electron chi connectivity index (χ3n) is 3.65. The third-order valence-corrected chi connectivity index (χ3v) is 4.18. The fourth-order valence-corrected chi connectivity index (χ4v) is 2.65. The first-order valence-corrected chi connectivity index (χ1v) is 8.53. The molecule has 0 radical (unpaired) electrons. The lowest BCUT2D eigenvalue weighted by molar-refractivity contribution is -0.153. The van der Waals surface area contributed by atoms with Crippen LogP contribution < -0.4 is 10.1 Å². The molecule has 7 nitrogen and oxygen atoms in total. The van der Waals surface area contributed by atoms with E-state index in [4.69, 9.17) is 32.7 Å². The van der Waals surface area contributed by atoms with Crippen LogP contribution in [-0.2, 0) is 21.4 Å². The van der Waals surface area contributed by atoms with Crippen LogP contribution in [0.3, 0.4) is 0 Å². The average Bonchev–Trinajstić information content (AvgIpc) is 2.81. The smallest absolute Gasteiger partial charge is 0.347 e. The molecule has 0 aliphatic rings. The predicted molar refractivity (Wildman–Crippen MR) is 98.8 cm³/mol. The molecule has 1 amide bonds. The Morgan fingerprint density at radius 2 is 2.00 bits per heavy atom. The molecule has 1 atom stereocenters. The summed E-state index contributed by atoms with van der Waals surface area (Å²) in [5.74, 6) is -0.855. The summed E-state index contributed by atoms with van der Waals surface area (Å²) in [6.45, 7) is 4.67. The summed E-state index contributed by atoms with van der Waals surface area (Å²) in [4.78, 5) is 24.0. The first-order chi connectivity index (χ1) is 12.2. The van der Waals surface area contributed by atoms with Crippen molar-refractivity contribution in [3.63, 3.8) is 0 Å². The predicted octanol–water partition coefficient (Wildman–Crippen LogP) is 3.29. The van der Waals surface area contributed by atoms with E-state index >= 15 is 0 Å². The lowest BCUT2D eigenvalue weighted by Crippen LogP contribution is -2.30. The van der Waals surface area contributed by atoms with Crippen molar-refractivity contribution in [2.45, 2.75) is 26.9 Å². The van der Waals surface area contributed by atoms with Crippen molar-refractivity contribution in [2.75, 3.05) is 11.9 Å². The van der Waals surface area contributed by atoms with Gasteiger partial charge in [-0.05, 0) is 39.0 Å². The molecule has 0 fully saturated rings. The highest BCUT2D eigenvalue weighted by atomic mass is 35.5. The number of benzene rings is 1. The third kappa shape index (κ3) is 4.89. The first-order valence-electron chi connectivity index (χ1n) is 7.77. The van der Waals surface area contributed by atoms with E-state index in [1.54, 1.807) is 30.8 Å². The zero-order valence-electron chi connectivity index (χ0n) is 14.8. The van der Waals surface area contributed by atoms with Crippen LogP contribution in [0.4, 0.5) is 5.69 Å². The molecule has 2 aromatic rings. The van der Waals surface area contributed by atoms with Gasteiger partial charge in [-0.25, -0.2) is 4.79 Å². The van der Waals surface area contributed by atoms with Gasteiger partial charge in [0.25, 0.3) is 5.91 Å². The molecule has 0 aliphatic carbocycles. The number of hydrogen-bond donors (Lipinski definition) is 1. The summed E-state index contributed by atoms with van der Waals surface area (Å²) < 4.78 is 12.1. The molecule has 0 spiro atoms. The zero-order valence-corrected chi connectivity index (χ0v) is 16.3. The Balaban J connectivity index is 1.88. The molecule has 0 saturated carbocycles. The number of carbonyl (C=O) groups excluding carboxylic acids is 2. The monoisotopic (exact) mass is 399 g/mol. The summed E-state index contributed by atoms with van der Waals surface area (Å²) in [5, 5.41) is 7.61. The fraction of sp³-hybridized carbons (Fsp3) is 0.353. The Hall–Kier alpha value is -2.25. The number of carbonyl (C=O) groups is 2. The van der Waals surface area contributed by atoms with Gasteiger partial charge in [0.15, 0.2) is 12.7 Å². The lowest BCUT2D eigenvalue weighted by Gasteiger charge is -2.15. The quantitative estimate of drug-likeness (QED) is 0.753. The number of rotatable bonds is 6. The van der Waals surface area contributed by atoms with Gasteiger partial charge in [-0.2, -0.15) is 5.10 Å². The van der Waals surface area contributed by atoms with Crippen LogP contribution >= 0.6 is 23.2 Å². The number of aromatic nitrogens is 2. The SMILES string of the molecule is Cc1nn(C)c(C)c1NC(=O)COC(=O)[C@@H](C)Oc1ccc(Cl)cc1Cl. The summed E-state index contributed by atoms with van der Waals surface area (Å²) in [6.07, 6.45) is -0.941. The summed E-state index contributed by atoms with van der Waals surface area (Å²) in [5.41, 5.74) is 2.08. The van der Waals surface area contributed by atoms with E-state index in [0.717, 1.165) is 5.69 Å². The Labute approximate surface area is 161 Å². The van der Waals surface area contributed by atoms with Crippen LogP contribution in [0.25, 0.3) is 0 Å². The van der Waals surface area contributed by atoms with E-state index < -0.39 is 24.6 Å². The van der Waals surface area contributed by atoms with E-state index in [0.29, 0.717) is 22.2 Å². The van der Waals surface area contributed by atoms with Gasteiger partial charge < -0.3 is 14.8 Å². The van der Waals surface area contributed by atoms with Crippen molar-refractivity contribution in [3.8, 4) is 5.75 Å². The fourth-order valence-electron chi connectivity index (χ4n) is 2.19. The maximum atomic E-state index is 12.0. The maximum absolute atomic E-state index is 12.0. The highest BCUT2D eigenvalue weighted by Crippen LogP contribution is 2.28. The molecule has 0 saturated heterocycles. The number of amides is 1. The standard InChI is InChI=1S/C17H19Cl2N3O4/c1-9-16(10(2)22(4)21-9)20-15(23)8-25-17(24)11(3)26-14-6-5-12(18)7-13(14)19/h5-7,11H,8H2,1-4H3,(H,20,23)/t11-/m1/s1. The molecule has 9 heteroatoms. The molecule has 26 heavy (non-hydrogen) atoms. The van der Waals surface area contributed by atoms with Crippen LogP contribution in [0.5, 0.6) is 5.75 Å². The number of anilines is 1. The van der Waals surface area contributed by atoms with E-state index in [-0.39, 0.29) is 5.02 Å². The topological polar surface area (TPSA) is 82.5 Å². The minimum absolute atomic E-state index is 0.275. The number of nitrogens with one attached hydrogen (secondary N) is 1. The maximum Gasteiger partial charge on any atom is 0.347 e. The van der Waals surface area contributed by atoms with Crippen LogP contribution in [-0.4, -0.2) is 34.4 Å². The number of hydrogen-bond acceptors (Lipinski definition) is 5. The second-order valence-electron chi connectivity index (χ2n) is 5.66. The zero-order chi connectivity index (χ0) is 19.4. The number of esters is 1. The second-order valence-corrected chi connectivity index (χ2v) is 6.50. The molecular weight excluding hydrogens is 381 g/mol. The number of ether oxygens (including phenoxy) is 2. The van der Waals surface area contributed by atoms with E-state index in [1.165, 1.54) is 13.0 Å². The average molecular weight is 400 g/mol. The Morgan fingerprint density at radius 3 is 2.58 bits per heavy atom. The van der Waals surface area contributed by atoms with Gasteiger partial charge in [0, 0.05) is 12.1 Å². The number of halogens is 2. The van der Waals surface area contributed by atoms with Gasteiger partial charge >= 0.3 is 5.97 Å². The Morgan fingerprint density at radius 1 is 1.31 bits per heavy atom. The molecule has 2 rings (SSSR count). The highest BCUT2D eigenvalue weighted by molar-refractivity contribution is 6.35. The van der Waals surface area contributed by atoms with Crippen molar-refractivity contribution < 1.29 is 19.1 Å². The van der Waals surface area contributed by atoms with E-state index in [2.05, 4.69) is 10.4 Å². The van der Waals surface area contributed by atoms with Crippen LogP contribution in [0.2, 0.25) is 10.0 Å². The summed E-state index contributed by atoms with van der Waals surface area (Å²) >= 11 is 11.8. The molecule has 1 aromatic heterocycles. The normalized spacial score (nSPS) is 11.8. The second kappa shape index (κ2) is 8.42. The van der Waals surface area contributed by atoms with Crippen LogP contribution in [0.1, 0.15) is 18.3 Å². The van der Waals surface area contributed by atoms with Gasteiger partial charge in [0.05, 0.1) is 22.1 Å². The van der Waals surface area contributed by atoms with Crippen molar-refractivity contribution >= 4 is 40.8 Å². The molecule has 1 aromatic carbocycles. The summed E-state index contributed by atoms with van der Waals surface area (Å²) in [6, 6.07) is 4.64. The van der Waals surface area contributed by atoms with Gasteiger partial charge in [0.2, 0.25) is 0 Å².